The zero-order chi connectivity index (χ0) is 23.6. The maximum Gasteiger partial charge on any atom is 0.316 e. The molecule has 0 spiro atoms. The van der Waals surface area contributed by atoms with Crippen LogP contribution in [0.3, 0.4) is 0 Å². The van der Waals surface area contributed by atoms with Gasteiger partial charge in [-0.3, -0.25) is 9.59 Å². The van der Waals surface area contributed by atoms with E-state index in [1.807, 2.05) is 20.8 Å². The lowest BCUT2D eigenvalue weighted by molar-refractivity contribution is -0.187. The van der Waals surface area contributed by atoms with Gasteiger partial charge in [0.25, 0.3) is 0 Å². The summed E-state index contributed by atoms with van der Waals surface area (Å²) in [6, 6.07) is 0. The summed E-state index contributed by atoms with van der Waals surface area (Å²) in [7, 11) is 1.58. The van der Waals surface area contributed by atoms with Crippen LogP contribution in [-0.2, 0) is 19.1 Å². The first-order valence-electron chi connectivity index (χ1n) is 10.9. The molecule has 174 valence electrons. The van der Waals surface area contributed by atoms with Gasteiger partial charge < -0.3 is 25.1 Å². The Labute approximate surface area is 181 Å². The Morgan fingerprint density at radius 1 is 1.13 bits per heavy atom. The smallest absolute Gasteiger partial charge is 0.316 e. The van der Waals surface area contributed by atoms with Gasteiger partial charge in [-0.25, -0.2) is 0 Å². The Morgan fingerprint density at radius 2 is 1.67 bits per heavy atom. The van der Waals surface area contributed by atoms with Crippen molar-refractivity contribution in [3.8, 4) is 0 Å². The first-order valence-corrected chi connectivity index (χ1v) is 10.9. The molecule has 7 heteroatoms. The number of carbonyl (C=O) groups is 2. The third-order valence-electron chi connectivity index (χ3n) is 7.50. The molecule has 3 N–H and O–H groups in total. The number of rotatable bonds is 2. The Bertz CT molecular complexity index is 648. The molecule has 1 rings (SSSR count). The topological polar surface area (TPSA) is 117 Å². The van der Waals surface area contributed by atoms with Gasteiger partial charge in [0, 0.05) is 24.7 Å². The molecule has 0 bridgehead atoms. The third kappa shape index (κ3) is 5.11. The summed E-state index contributed by atoms with van der Waals surface area (Å²) in [4.78, 5) is 25.8. The van der Waals surface area contributed by atoms with Gasteiger partial charge >= 0.3 is 5.97 Å². The molecule has 1 aliphatic rings. The SMILES string of the molecule is CC[C@H]1OC(=O)[C@H](C)C(=O)[C@H](C)[C@@H](C)[C@](C)(OC)C[C@@H](C)C(=N)[C@H](C)[C@@H](O)[C@]1(C)O. The molecule has 0 saturated carbocycles. The van der Waals surface area contributed by atoms with Gasteiger partial charge in [-0.2, -0.15) is 0 Å². The number of ether oxygens (including phenoxy) is 2. The monoisotopic (exact) mass is 427 g/mol. The quantitative estimate of drug-likeness (QED) is 0.461. The lowest BCUT2D eigenvalue weighted by atomic mass is 9.71. The fraction of sp³-hybridized carbons (Fsp3) is 0.870. The van der Waals surface area contributed by atoms with Gasteiger partial charge in [0.1, 0.15) is 23.4 Å². The van der Waals surface area contributed by atoms with E-state index < -0.39 is 47.1 Å². The molecule has 1 heterocycles. The van der Waals surface area contributed by atoms with E-state index in [-0.39, 0.29) is 29.8 Å². The molecule has 9 atom stereocenters. The molecule has 0 amide bonds. The standard InChI is InChI=1S/C23H41NO6/c1-10-17-23(8,28)20(26)14(4)18(24)12(2)11-22(7,29-9)16(6)13(3)19(25)15(5)21(27)30-17/h12-17,20,24,26,28H,10-11H2,1-9H3/t12-,13-,14+,15-,16-,17-,20-,22-,23-/m1/s1. The second-order valence-electron chi connectivity index (χ2n) is 9.57. The highest BCUT2D eigenvalue weighted by Gasteiger charge is 2.47. The predicted molar refractivity (Wildman–Crippen MR) is 115 cm³/mol. The largest absolute Gasteiger partial charge is 0.459 e. The summed E-state index contributed by atoms with van der Waals surface area (Å²) < 4.78 is 11.3. The molecule has 0 aromatic heterocycles. The zero-order valence-electron chi connectivity index (χ0n) is 20.0. The molecule has 0 aromatic rings. The minimum absolute atomic E-state index is 0.214. The average molecular weight is 428 g/mol. The van der Waals surface area contributed by atoms with Crippen molar-refractivity contribution >= 4 is 17.5 Å². The fourth-order valence-electron chi connectivity index (χ4n) is 4.63. The van der Waals surface area contributed by atoms with Crippen LogP contribution in [0.15, 0.2) is 0 Å². The van der Waals surface area contributed by atoms with Crippen molar-refractivity contribution in [2.45, 2.75) is 91.6 Å². The lowest BCUT2D eigenvalue weighted by Gasteiger charge is -2.43. The molecule has 0 aliphatic carbocycles. The van der Waals surface area contributed by atoms with Crippen LogP contribution >= 0.6 is 0 Å². The number of aliphatic hydroxyl groups excluding tert-OH is 1. The first-order chi connectivity index (χ1) is 13.6. The highest BCUT2D eigenvalue weighted by Crippen LogP contribution is 2.37. The minimum Gasteiger partial charge on any atom is -0.459 e. The Balaban J connectivity index is 3.49. The van der Waals surface area contributed by atoms with Crippen molar-refractivity contribution in [2.24, 2.45) is 29.6 Å². The number of hydrogen-bond acceptors (Lipinski definition) is 7. The van der Waals surface area contributed by atoms with Gasteiger partial charge in [-0.05, 0) is 45.4 Å². The van der Waals surface area contributed by atoms with Gasteiger partial charge in [-0.1, -0.05) is 34.6 Å². The number of ketones is 1. The van der Waals surface area contributed by atoms with Crippen LogP contribution < -0.4 is 0 Å². The van der Waals surface area contributed by atoms with E-state index in [2.05, 4.69) is 0 Å². The molecule has 30 heavy (non-hydrogen) atoms. The lowest BCUT2D eigenvalue weighted by Crippen LogP contribution is -2.56. The van der Waals surface area contributed by atoms with Gasteiger partial charge in [-0.15, -0.1) is 0 Å². The zero-order valence-corrected chi connectivity index (χ0v) is 20.0. The number of carbonyl (C=O) groups excluding carboxylic acids is 2. The number of aliphatic hydroxyl groups is 2. The number of nitrogens with one attached hydrogen (secondary N) is 1. The van der Waals surface area contributed by atoms with E-state index >= 15 is 0 Å². The fourth-order valence-corrected chi connectivity index (χ4v) is 4.63. The van der Waals surface area contributed by atoms with Crippen LogP contribution in [0.1, 0.15) is 68.2 Å². The summed E-state index contributed by atoms with van der Waals surface area (Å²) in [5.74, 6) is -3.55. The van der Waals surface area contributed by atoms with Crippen molar-refractivity contribution in [1.29, 1.82) is 5.41 Å². The van der Waals surface area contributed by atoms with Crippen LogP contribution in [0.2, 0.25) is 0 Å². The van der Waals surface area contributed by atoms with E-state index in [9.17, 15) is 19.8 Å². The summed E-state index contributed by atoms with van der Waals surface area (Å²) in [5.41, 5.74) is -2.20. The van der Waals surface area contributed by atoms with Crippen LogP contribution in [-0.4, -0.2) is 58.2 Å². The first kappa shape index (κ1) is 26.7. The van der Waals surface area contributed by atoms with Crippen molar-refractivity contribution in [1.82, 2.24) is 0 Å². The number of methoxy groups -OCH3 is 1. The van der Waals surface area contributed by atoms with E-state index in [0.29, 0.717) is 6.42 Å². The molecular formula is C23H41NO6. The van der Waals surface area contributed by atoms with Gasteiger partial charge in [0.15, 0.2) is 0 Å². The number of hydrogen-bond donors (Lipinski definition) is 3. The van der Waals surface area contributed by atoms with Crippen molar-refractivity contribution < 1.29 is 29.3 Å². The van der Waals surface area contributed by atoms with Gasteiger partial charge in [0.2, 0.25) is 0 Å². The van der Waals surface area contributed by atoms with Crippen LogP contribution in [0.5, 0.6) is 0 Å². The Hall–Kier alpha value is -1.31. The number of esters is 1. The predicted octanol–water partition coefficient (Wildman–Crippen LogP) is 3.00. The minimum atomic E-state index is -1.77. The molecule has 0 aromatic carbocycles. The molecule has 1 saturated heterocycles. The molecule has 0 radical (unpaired) electrons. The average Bonchev–Trinajstić information content (AvgIpc) is 2.72. The van der Waals surface area contributed by atoms with Crippen molar-refractivity contribution in [3.63, 3.8) is 0 Å². The maximum absolute atomic E-state index is 13.0. The summed E-state index contributed by atoms with van der Waals surface area (Å²) in [6.45, 7) is 13.9. The van der Waals surface area contributed by atoms with E-state index in [1.54, 1.807) is 27.9 Å². The summed E-state index contributed by atoms with van der Waals surface area (Å²) in [5, 5.41) is 30.6. The van der Waals surface area contributed by atoms with E-state index in [1.165, 1.54) is 13.8 Å². The van der Waals surface area contributed by atoms with Crippen LogP contribution in [0.4, 0.5) is 0 Å². The van der Waals surface area contributed by atoms with Gasteiger partial charge in [0.05, 0.1) is 11.7 Å². The Kier molecular flexibility index (Phi) is 8.80. The summed E-state index contributed by atoms with van der Waals surface area (Å²) in [6.07, 6.45) is -1.58. The van der Waals surface area contributed by atoms with Crippen molar-refractivity contribution in [3.05, 3.63) is 0 Å². The molecule has 0 unspecified atom stereocenters. The second-order valence-corrected chi connectivity index (χ2v) is 9.57. The number of Topliss-reactive ketones (excluding diaryl/α,β-unsaturated/α-hetero) is 1. The second kappa shape index (κ2) is 9.88. The maximum atomic E-state index is 13.0. The highest BCUT2D eigenvalue weighted by molar-refractivity contribution is 5.99. The Morgan fingerprint density at radius 3 is 2.13 bits per heavy atom. The van der Waals surface area contributed by atoms with Crippen molar-refractivity contribution in [2.75, 3.05) is 7.11 Å². The van der Waals surface area contributed by atoms with Crippen LogP contribution in [0, 0.1) is 35.0 Å². The molecule has 7 nitrogen and oxygen atoms in total. The third-order valence-corrected chi connectivity index (χ3v) is 7.50. The van der Waals surface area contributed by atoms with E-state index in [4.69, 9.17) is 14.9 Å². The van der Waals surface area contributed by atoms with E-state index in [0.717, 1.165) is 0 Å². The van der Waals surface area contributed by atoms with Crippen LogP contribution in [0.25, 0.3) is 0 Å². The molecule has 1 aliphatic heterocycles. The molecular weight excluding hydrogens is 386 g/mol. The molecule has 1 fully saturated rings. The number of cyclic esters (lactones) is 1. The highest BCUT2D eigenvalue weighted by atomic mass is 16.6. The summed E-state index contributed by atoms with van der Waals surface area (Å²) >= 11 is 0. The normalized spacial score (nSPS) is 45.0.